The third-order valence-corrected chi connectivity index (χ3v) is 6.63. The maximum atomic E-state index is 5.53. The molecule has 150 valence electrons. The first-order chi connectivity index (χ1) is 14.3. The van der Waals surface area contributed by atoms with Crippen LogP contribution in [0.25, 0.3) is 10.8 Å². The van der Waals surface area contributed by atoms with Crippen molar-refractivity contribution in [2.75, 3.05) is 18.6 Å². The molecule has 1 N–H and O–H groups in total. The van der Waals surface area contributed by atoms with Crippen LogP contribution in [-0.2, 0) is 13.0 Å². The second-order valence-electron chi connectivity index (χ2n) is 8.31. The third kappa shape index (κ3) is 3.58. The molecule has 4 nitrogen and oxygen atoms in total. The van der Waals surface area contributed by atoms with E-state index in [4.69, 9.17) is 4.74 Å². The molecule has 0 atom stereocenters. The SMILES string of the molecule is COc1ncc2c3c(cccc13)N(C1CCC(NCc3ccccc3)CC1)CC2. The first kappa shape index (κ1) is 18.4. The molecule has 0 unspecified atom stereocenters. The van der Waals surface area contributed by atoms with Gasteiger partial charge in [-0.3, -0.25) is 0 Å². The predicted octanol–water partition coefficient (Wildman–Crippen LogP) is 4.71. The lowest BCUT2D eigenvalue weighted by Gasteiger charge is -2.41. The Hall–Kier alpha value is -2.59. The third-order valence-electron chi connectivity index (χ3n) is 6.63. The average molecular weight is 388 g/mol. The van der Waals surface area contributed by atoms with Gasteiger partial charge in [-0.05, 0) is 55.4 Å². The fourth-order valence-electron chi connectivity index (χ4n) is 5.11. The van der Waals surface area contributed by atoms with Gasteiger partial charge in [0.1, 0.15) is 0 Å². The Morgan fingerprint density at radius 2 is 1.86 bits per heavy atom. The second kappa shape index (κ2) is 8.03. The number of nitrogens with one attached hydrogen (secondary N) is 1. The molecular weight excluding hydrogens is 358 g/mol. The highest BCUT2D eigenvalue weighted by Crippen LogP contribution is 2.40. The summed E-state index contributed by atoms with van der Waals surface area (Å²) in [4.78, 5) is 7.17. The zero-order valence-corrected chi connectivity index (χ0v) is 17.1. The molecule has 0 saturated heterocycles. The largest absolute Gasteiger partial charge is 0.481 e. The maximum absolute atomic E-state index is 5.53. The molecule has 1 aliphatic heterocycles. The van der Waals surface area contributed by atoms with Gasteiger partial charge in [-0.25, -0.2) is 4.98 Å². The molecule has 29 heavy (non-hydrogen) atoms. The van der Waals surface area contributed by atoms with E-state index in [2.05, 4.69) is 63.7 Å². The van der Waals surface area contributed by atoms with E-state index >= 15 is 0 Å². The minimum atomic E-state index is 0.627. The van der Waals surface area contributed by atoms with Gasteiger partial charge in [0.05, 0.1) is 7.11 Å². The average Bonchev–Trinajstić information content (AvgIpc) is 2.79. The lowest BCUT2D eigenvalue weighted by atomic mass is 9.87. The number of hydrogen-bond donors (Lipinski definition) is 1. The zero-order chi connectivity index (χ0) is 19.6. The number of ether oxygens (including phenoxy) is 1. The molecule has 5 rings (SSSR count). The standard InChI is InChI=1S/C25H29N3O/c1-29-25-22-8-5-9-23-24(22)19(17-27-25)14-15-28(23)21-12-10-20(11-13-21)26-16-18-6-3-2-4-7-18/h2-9,17,20-21,26H,10-16H2,1H3. The lowest BCUT2D eigenvalue weighted by molar-refractivity contribution is 0.330. The molecule has 1 saturated carbocycles. The van der Waals surface area contributed by atoms with Crippen molar-refractivity contribution >= 4 is 16.5 Å². The number of pyridine rings is 1. The van der Waals surface area contributed by atoms with Gasteiger partial charge in [0, 0.05) is 47.8 Å². The van der Waals surface area contributed by atoms with Gasteiger partial charge >= 0.3 is 0 Å². The Labute approximate surface area is 172 Å². The molecule has 1 aromatic heterocycles. The summed E-state index contributed by atoms with van der Waals surface area (Å²) in [7, 11) is 1.71. The summed E-state index contributed by atoms with van der Waals surface area (Å²) in [5, 5.41) is 6.25. The van der Waals surface area contributed by atoms with Gasteiger partial charge in [0.15, 0.2) is 0 Å². The van der Waals surface area contributed by atoms with E-state index in [1.165, 1.54) is 47.9 Å². The van der Waals surface area contributed by atoms with Crippen LogP contribution in [0.5, 0.6) is 5.88 Å². The summed E-state index contributed by atoms with van der Waals surface area (Å²) in [6, 6.07) is 18.6. The van der Waals surface area contributed by atoms with Crippen molar-refractivity contribution in [1.29, 1.82) is 0 Å². The number of nitrogens with zero attached hydrogens (tertiary/aromatic N) is 2. The van der Waals surface area contributed by atoms with Gasteiger partial charge in [0.2, 0.25) is 5.88 Å². The summed E-state index contributed by atoms with van der Waals surface area (Å²) in [5.74, 6) is 0.737. The normalized spacial score (nSPS) is 21.3. The molecule has 0 amide bonds. The number of rotatable bonds is 5. The zero-order valence-electron chi connectivity index (χ0n) is 17.1. The van der Waals surface area contributed by atoms with E-state index in [1.54, 1.807) is 7.11 Å². The Balaban J connectivity index is 1.29. The van der Waals surface area contributed by atoms with Crippen LogP contribution < -0.4 is 15.0 Å². The van der Waals surface area contributed by atoms with E-state index in [9.17, 15) is 0 Å². The summed E-state index contributed by atoms with van der Waals surface area (Å²) < 4.78 is 5.53. The molecule has 2 heterocycles. The Morgan fingerprint density at radius 1 is 1.03 bits per heavy atom. The van der Waals surface area contributed by atoms with Gasteiger partial charge in [-0.1, -0.05) is 36.4 Å². The predicted molar refractivity (Wildman–Crippen MR) is 119 cm³/mol. The lowest BCUT2D eigenvalue weighted by Crippen LogP contribution is -2.44. The number of methoxy groups -OCH3 is 1. The topological polar surface area (TPSA) is 37.4 Å². The summed E-state index contributed by atoms with van der Waals surface area (Å²) in [5.41, 5.74) is 4.09. The van der Waals surface area contributed by atoms with Crippen molar-refractivity contribution < 1.29 is 4.74 Å². The second-order valence-corrected chi connectivity index (χ2v) is 8.31. The molecule has 2 aliphatic rings. The first-order valence-electron chi connectivity index (χ1n) is 10.8. The Bertz CT molecular complexity index is 980. The molecule has 3 aromatic rings. The Kier molecular flexibility index (Phi) is 5.11. The van der Waals surface area contributed by atoms with Crippen LogP contribution in [0.1, 0.15) is 36.8 Å². The molecule has 0 spiro atoms. The molecule has 1 fully saturated rings. The fraction of sp³-hybridized carbons (Fsp3) is 0.400. The summed E-state index contributed by atoms with van der Waals surface area (Å²) in [6.45, 7) is 2.06. The van der Waals surface area contributed by atoms with E-state index in [-0.39, 0.29) is 0 Å². The summed E-state index contributed by atoms with van der Waals surface area (Å²) in [6.07, 6.45) is 8.07. The molecule has 1 aliphatic carbocycles. The van der Waals surface area contributed by atoms with E-state index in [0.717, 1.165) is 30.8 Å². The van der Waals surface area contributed by atoms with Crippen molar-refractivity contribution in [3.63, 3.8) is 0 Å². The Morgan fingerprint density at radius 3 is 2.66 bits per heavy atom. The van der Waals surface area contributed by atoms with Gasteiger partial charge in [0.25, 0.3) is 0 Å². The molecule has 2 aromatic carbocycles. The number of aromatic nitrogens is 1. The van der Waals surface area contributed by atoms with Crippen LogP contribution in [0.4, 0.5) is 5.69 Å². The first-order valence-corrected chi connectivity index (χ1v) is 10.8. The van der Waals surface area contributed by atoms with Gasteiger partial charge < -0.3 is 15.0 Å². The van der Waals surface area contributed by atoms with Gasteiger partial charge in [-0.15, -0.1) is 0 Å². The van der Waals surface area contributed by atoms with Crippen molar-refractivity contribution in [1.82, 2.24) is 10.3 Å². The quantitative estimate of drug-likeness (QED) is 0.688. The highest BCUT2D eigenvalue weighted by atomic mass is 16.5. The van der Waals surface area contributed by atoms with Crippen LogP contribution >= 0.6 is 0 Å². The molecule has 0 bridgehead atoms. The van der Waals surface area contributed by atoms with E-state index in [1.807, 2.05) is 6.20 Å². The van der Waals surface area contributed by atoms with Crippen molar-refractivity contribution in [2.24, 2.45) is 0 Å². The molecular formula is C25H29N3O. The minimum absolute atomic E-state index is 0.627. The monoisotopic (exact) mass is 387 g/mol. The summed E-state index contributed by atoms with van der Waals surface area (Å²) >= 11 is 0. The van der Waals surface area contributed by atoms with Crippen LogP contribution in [-0.4, -0.2) is 30.7 Å². The van der Waals surface area contributed by atoms with Crippen molar-refractivity contribution in [3.05, 3.63) is 65.9 Å². The molecule has 0 radical (unpaired) electrons. The van der Waals surface area contributed by atoms with Crippen molar-refractivity contribution in [2.45, 2.75) is 50.7 Å². The number of anilines is 1. The maximum Gasteiger partial charge on any atom is 0.221 e. The van der Waals surface area contributed by atoms with Crippen LogP contribution in [0, 0.1) is 0 Å². The van der Waals surface area contributed by atoms with Crippen molar-refractivity contribution in [3.8, 4) is 5.88 Å². The number of benzene rings is 2. The highest BCUT2D eigenvalue weighted by molar-refractivity contribution is 6.00. The van der Waals surface area contributed by atoms with Crippen LogP contribution in [0.15, 0.2) is 54.7 Å². The smallest absolute Gasteiger partial charge is 0.221 e. The van der Waals surface area contributed by atoms with Gasteiger partial charge in [-0.2, -0.15) is 0 Å². The minimum Gasteiger partial charge on any atom is -0.481 e. The van der Waals surface area contributed by atoms with E-state index in [0.29, 0.717) is 12.1 Å². The highest BCUT2D eigenvalue weighted by Gasteiger charge is 2.29. The number of hydrogen-bond acceptors (Lipinski definition) is 4. The van der Waals surface area contributed by atoms with Crippen LogP contribution in [0.2, 0.25) is 0 Å². The van der Waals surface area contributed by atoms with E-state index < -0.39 is 0 Å². The molecule has 4 heteroatoms. The fourth-order valence-corrected chi connectivity index (χ4v) is 5.11. The van der Waals surface area contributed by atoms with Crippen LogP contribution in [0.3, 0.4) is 0 Å².